The van der Waals surface area contributed by atoms with E-state index in [2.05, 4.69) is 39.9 Å². The largest absolute Gasteiger partial charge is 0.354 e. The first kappa shape index (κ1) is 13.9. The van der Waals surface area contributed by atoms with Gasteiger partial charge in [-0.3, -0.25) is 0 Å². The smallest absolute Gasteiger partial charge is 0.171 e. The Bertz CT molecular complexity index is 220. The molecule has 1 rings (SSSR count). The summed E-state index contributed by atoms with van der Waals surface area (Å²) in [6.45, 7) is 12.5. The summed E-state index contributed by atoms with van der Waals surface area (Å²) in [5.41, 5.74) is 0.880. The van der Waals surface area contributed by atoms with E-state index in [0.717, 1.165) is 12.5 Å². The standard InChI is InChI=1S/C13H27NO2/c1-9(11(15-6)16-7)14-8-10-12(2,3)13(10,4)5/h9-11,14H,8H2,1-7H3. The summed E-state index contributed by atoms with van der Waals surface area (Å²) in [6.07, 6.45) is -0.162. The molecule has 16 heavy (non-hydrogen) atoms. The highest BCUT2D eigenvalue weighted by atomic mass is 16.7. The Morgan fingerprint density at radius 2 is 1.50 bits per heavy atom. The summed E-state index contributed by atoms with van der Waals surface area (Å²) in [5.74, 6) is 0.733. The van der Waals surface area contributed by atoms with Gasteiger partial charge in [0.05, 0.1) is 6.04 Å². The van der Waals surface area contributed by atoms with E-state index in [1.807, 2.05) is 0 Å². The molecular weight excluding hydrogens is 202 g/mol. The molecule has 0 heterocycles. The number of rotatable bonds is 6. The maximum Gasteiger partial charge on any atom is 0.171 e. The van der Waals surface area contributed by atoms with Crippen LogP contribution in [0.4, 0.5) is 0 Å². The van der Waals surface area contributed by atoms with E-state index in [1.54, 1.807) is 14.2 Å². The van der Waals surface area contributed by atoms with Crippen molar-refractivity contribution < 1.29 is 9.47 Å². The minimum absolute atomic E-state index is 0.162. The van der Waals surface area contributed by atoms with Crippen molar-refractivity contribution in [3.05, 3.63) is 0 Å². The van der Waals surface area contributed by atoms with Crippen molar-refractivity contribution in [1.29, 1.82) is 0 Å². The molecule has 3 heteroatoms. The van der Waals surface area contributed by atoms with Crippen LogP contribution in [0, 0.1) is 16.7 Å². The van der Waals surface area contributed by atoms with Gasteiger partial charge < -0.3 is 14.8 Å². The van der Waals surface area contributed by atoms with Crippen LogP contribution in [0.2, 0.25) is 0 Å². The SMILES string of the molecule is COC(OC)C(C)NCC1C(C)(C)C1(C)C. The summed E-state index contributed by atoms with van der Waals surface area (Å²) in [4.78, 5) is 0. The molecule has 0 spiro atoms. The highest BCUT2D eigenvalue weighted by Gasteiger charge is 2.63. The Morgan fingerprint density at radius 3 is 1.81 bits per heavy atom. The van der Waals surface area contributed by atoms with Gasteiger partial charge in [0.15, 0.2) is 6.29 Å². The van der Waals surface area contributed by atoms with E-state index < -0.39 is 0 Å². The van der Waals surface area contributed by atoms with Crippen molar-refractivity contribution in [2.45, 2.75) is 47.0 Å². The molecule has 3 nitrogen and oxygen atoms in total. The van der Waals surface area contributed by atoms with E-state index >= 15 is 0 Å². The molecule has 1 unspecified atom stereocenters. The zero-order valence-electron chi connectivity index (χ0n) is 11.8. The Hall–Kier alpha value is -0.120. The molecular formula is C13H27NO2. The van der Waals surface area contributed by atoms with E-state index in [0.29, 0.717) is 10.8 Å². The van der Waals surface area contributed by atoms with Gasteiger partial charge in [-0.25, -0.2) is 0 Å². The molecule has 1 aliphatic rings. The monoisotopic (exact) mass is 229 g/mol. The second-order valence-corrected chi connectivity index (χ2v) is 6.03. The number of hydrogen-bond donors (Lipinski definition) is 1. The van der Waals surface area contributed by atoms with Crippen molar-refractivity contribution in [2.75, 3.05) is 20.8 Å². The van der Waals surface area contributed by atoms with Gasteiger partial charge in [0.25, 0.3) is 0 Å². The molecule has 1 saturated carbocycles. The lowest BCUT2D eigenvalue weighted by Crippen LogP contribution is -2.41. The molecule has 0 aromatic rings. The fourth-order valence-corrected chi connectivity index (χ4v) is 2.75. The maximum absolute atomic E-state index is 5.23. The molecule has 1 fully saturated rings. The topological polar surface area (TPSA) is 30.5 Å². The van der Waals surface area contributed by atoms with Gasteiger partial charge in [-0.15, -0.1) is 0 Å². The van der Waals surface area contributed by atoms with Crippen LogP contribution < -0.4 is 5.32 Å². The molecule has 0 aliphatic heterocycles. The predicted molar refractivity (Wildman–Crippen MR) is 66.3 cm³/mol. The lowest BCUT2D eigenvalue weighted by Gasteiger charge is -2.22. The van der Waals surface area contributed by atoms with E-state index in [9.17, 15) is 0 Å². The first-order valence-electron chi connectivity index (χ1n) is 6.08. The number of methoxy groups -OCH3 is 2. The predicted octanol–water partition coefficient (Wildman–Crippen LogP) is 2.27. The Morgan fingerprint density at radius 1 is 1.06 bits per heavy atom. The lowest BCUT2D eigenvalue weighted by molar-refractivity contribution is -0.119. The van der Waals surface area contributed by atoms with Crippen LogP contribution in [0.25, 0.3) is 0 Å². The first-order chi connectivity index (χ1) is 7.29. The van der Waals surface area contributed by atoms with Crippen molar-refractivity contribution in [1.82, 2.24) is 5.32 Å². The molecule has 1 N–H and O–H groups in total. The maximum atomic E-state index is 5.23. The molecule has 1 aliphatic carbocycles. The van der Waals surface area contributed by atoms with Gasteiger partial charge in [-0.2, -0.15) is 0 Å². The zero-order valence-corrected chi connectivity index (χ0v) is 11.8. The summed E-state index contributed by atoms with van der Waals surface area (Å²) in [6, 6.07) is 0.224. The average Bonchev–Trinajstić information content (AvgIpc) is 2.57. The minimum atomic E-state index is -0.162. The van der Waals surface area contributed by atoms with E-state index in [1.165, 1.54) is 0 Å². The third-order valence-corrected chi connectivity index (χ3v) is 4.84. The van der Waals surface area contributed by atoms with Gasteiger partial charge in [0.2, 0.25) is 0 Å². The Labute approximate surface area is 99.9 Å². The number of ether oxygens (including phenoxy) is 2. The van der Waals surface area contributed by atoms with Crippen LogP contribution in [-0.2, 0) is 9.47 Å². The fourth-order valence-electron chi connectivity index (χ4n) is 2.75. The second-order valence-electron chi connectivity index (χ2n) is 6.03. The molecule has 0 saturated heterocycles. The van der Waals surface area contributed by atoms with Crippen LogP contribution >= 0.6 is 0 Å². The normalized spacial score (nSPS) is 24.8. The average molecular weight is 229 g/mol. The van der Waals surface area contributed by atoms with Crippen molar-refractivity contribution in [3.63, 3.8) is 0 Å². The van der Waals surface area contributed by atoms with Gasteiger partial charge in [-0.05, 0) is 30.2 Å². The quantitative estimate of drug-likeness (QED) is 0.709. The third-order valence-electron chi connectivity index (χ3n) is 4.84. The minimum Gasteiger partial charge on any atom is -0.354 e. The molecule has 0 radical (unpaired) electrons. The Kier molecular flexibility index (Phi) is 4.04. The van der Waals surface area contributed by atoms with Crippen molar-refractivity contribution in [3.8, 4) is 0 Å². The molecule has 0 amide bonds. The van der Waals surface area contributed by atoms with Crippen LogP contribution in [-0.4, -0.2) is 33.1 Å². The van der Waals surface area contributed by atoms with Crippen molar-refractivity contribution in [2.24, 2.45) is 16.7 Å². The molecule has 0 bridgehead atoms. The van der Waals surface area contributed by atoms with Crippen LogP contribution in [0.5, 0.6) is 0 Å². The number of hydrogen-bond acceptors (Lipinski definition) is 3. The number of nitrogens with one attached hydrogen (secondary N) is 1. The van der Waals surface area contributed by atoms with Crippen molar-refractivity contribution >= 4 is 0 Å². The second kappa shape index (κ2) is 4.63. The highest BCUT2D eigenvalue weighted by molar-refractivity contribution is 5.12. The van der Waals surface area contributed by atoms with Crippen LogP contribution in [0.3, 0.4) is 0 Å². The third kappa shape index (κ3) is 2.27. The molecule has 1 atom stereocenters. The molecule has 0 aromatic carbocycles. The first-order valence-corrected chi connectivity index (χ1v) is 6.08. The van der Waals surface area contributed by atoms with E-state index in [-0.39, 0.29) is 12.3 Å². The van der Waals surface area contributed by atoms with Crippen LogP contribution in [0.1, 0.15) is 34.6 Å². The molecule has 96 valence electrons. The highest BCUT2D eigenvalue weighted by Crippen LogP contribution is 2.67. The van der Waals surface area contributed by atoms with Crippen LogP contribution in [0.15, 0.2) is 0 Å². The van der Waals surface area contributed by atoms with Gasteiger partial charge >= 0.3 is 0 Å². The summed E-state index contributed by atoms with van der Waals surface area (Å²) < 4.78 is 10.5. The summed E-state index contributed by atoms with van der Waals surface area (Å²) in [7, 11) is 3.36. The van der Waals surface area contributed by atoms with E-state index in [4.69, 9.17) is 9.47 Å². The van der Waals surface area contributed by atoms with Gasteiger partial charge in [0, 0.05) is 14.2 Å². The van der Waals surface area contributed by atoms with Gasteiger partial charge in [0.1, 0.15) is 0 Å². The summed E-state index contributed by atoms with van der Waals surface area (Å²) >= 11 is 0. The molecule has 0 aromatic heterocycles. The fraction of sp³-hybridized carbons (Fsp3) is 1.00. The van der Waals surface area contributed by atoms with Gasteiger partial charge in [-0.1, -0.05) is 27.7 Å². The Balaban J connectivity index is 2.37. The lowest BCUT2D eigenvalue weighted by atomic mass is 10.0. The summed E-state index contributed by atoms with van der Waals surface area (Å²) in [5, 5.41) is 3.51. The zero-order chi connectivity index (χ0) is 12.6.